The number of nitrogens with zero attached hydrogens (tertiary/aromatic N) is 5. The molecule has 1 aliphatic rings. The highest BCUT2D eigenvalue weighted by molar-refractivity contribution is 6.47. The van der Waals surface area contributed by atoms with Crippen molar-refractivity contribution in [3.63, 3.8) is 0 Å². The van der Waals surface area contributed by atoms with Gasteiger partial charge in [-0.05, 0) is 6.58 Å². The van der Waals surface area contributed by atoms with E-state index < -0.39 is 0 Å². The van der Waals surface area contributed by atoms with E-state index in [2.05, 4.69) is 76.2 Å². The van der Waals surface area contributed by atoms with Crippen LogP contribution in [0.2, 0.25) is 0 Å². The van der Waals surface area contributed by atoms with Gasteiger partial charge in [-0.3, -0.25) is 0 Å². The largest absolute Gasteiger partial charge is 0.471 e. The molecule has 0 unspecified atom stereocenters. The maximum Gasteiger partial charge on any atom is 0.471 e. The van der Waals surface area contributed by atoms with Crippen LogP contribution in [0.3, 0.4) is 0 Å². The minimum Gasteiger partial charge on any atom is -0.365 e. The molecule has 0 amide bonds. The van der Waals surface area contributed by atoms with Gasteiger partial charge in [-0.15, -0.1) is 0 Å². The molecule has 10 heteroatoms. The average molecular weight is 383 g/mol. The second-order valence-electron chi connectivity index (χ2n) is 10.1. The van der Waals surface area contributed by atoms with Gasteiger partial charge in [0.25, 0.3) is 0 Å². The smallest absolute Gasteiger partial charge is 0.365 e. The van der Waals surface area contributed by atoms with Crippen LogP contribution in [-0.2, 0) is 0 Å². The van der Waals surface area contributed by atoms with Crippen molar-refractivity contribution in [2.75, 3.05) is 63.4 Å². The summed E-state index contributed by atoms with van der Waals surface area (Å²) in [7, 11) is 21.9. The Morgan fingerprint density at radius 1 is 0.524 bits per heavy atom. The lowest BCUT2D eigenvalue weighted by Crippen LogP contribution is -2.78. The Balaban J connectivity index is 3.24. The normalized spacial score (nSPS) is 40.6. The highest BCUT2D eigenvalue weighted by atomic mass is 28.4. The number of hydrogen-bond donors (Lipinski definition) is 0. The lowest BCUT2D eigenvalue weighted by molar-refractivity contribution is -0.884. The molecular formula is C11H40N5Si5+5. The summed E-state index contributed by atoms with van der Waals surface area (Å²) in [4.78, 5) is 0. The van der Waals surface area contributed by atoms with Crippen molar-refractivity contribution >= 4 is 49.2 Å². The Morgan fingerprint density at radius 2 is 0.762 bits per heavy atom. The molecule has 0 atom stereocenters. The van der Waals surface area contributed by atoms with Crippen LogP contribution in [0.1, 0.15) is 0 Å². The molecule has 1 fully saturated rings. The third-order valence-corrected chi connectivity index (χ3v) is 18.1. The molecule has 0 N–H and O–H groups in total. The summed E-state index contributed by atoms with van der Waals surface area (Å²) in [5.74, 6) is 0. The lowest BCUT2D eigenvalue weighted by Gasteiger charge is -2.50. The van der Waals surface area contributed by atoms with Gasteiger partial charge in [-0.2, -0.15) is 0 Å². The van der Waals surface area contributed by atoms with Gasteiger partial charge in [-0.25, -0.2) is 0 Å². The molecule has 5 nitrogen and oxygen atoms in total. The van der Waals surface area contributed by atoms with Crippen LogP contribution >= 0.6 is 0 Å². The fourth-order valence-corrected chi connectivity index (χ4v) is 36.9. The van der Waals surface area contributed by atoms with Gasteiger partial charge in [0.1, 0.15) is 0 Å². The van der Waals surface area contributed by atoms with Crippen LogP contribution in [0.25, 0.3) is 0 Å². The summed E-state index contributed by atoms with van der Waals surface area (Å²) >= 11 is 0. The Hall–Kier alpha value is 0.624. The summed E-state index contributed by atoms with van der Waals surface area (Å²) in [6.45, 7) is 4.24. The van der Waals surface area contributed by atoms with Gasteiger partial charge in [0.05, 0.1) is 6.20 Å². The predicted octanol–water partition coefficient (Wildman–Crippen LogP) is -4.11. The van der Waals surface area contributed by atoms with Crippen molar-refractivity contribution in [2.24, 2.45) is 0 Å². The second kappa shape index (κ2) is 5.92. The molecule has 0 radical (unpaired) electrons. The van der Waals surface area contributed by atoms with Gasteiger partial charge in [0.15, 0.2) is 0 Å². The maximum absolute atomic E-state index is 4.24. The van der Waals surface area contributed by atoms with E-state index >= 15 is 0 Å². The van der Waals surface area contributed by atoms with Gasteiger partial charge < -0.3 is 19.1 Å². The number of rotatable bonds is 1. The van der Waals surface area contributed by atoms with E-state index in [1.165, 1.54) is 19.1 Å². The molecule has 1 heterocycles. The van der Waals surface area contributed by atoms with Crippen LogP contribution in [-0.4, -0.2) is 132 Å². The standard InChI is InChI=1S/C11H40N5Si5/c1-11-16(10)20-14(6,7)18-12(2,3)17-13(4,5)19-15(8,9)21-16/h11H,1,17-21H2,2-10H3/q+5. The molecule has 0 bridgehead atoms. The minimum atomic E-state index is -0.228. The molecule has 0 aromatic rings. The first kappa shape index (κ1) is 19.7. The predicted molar refractivity (Wildman–Crippen MR) is 108 cm³/mol. The monoisotopic (exact) mass is 382 g/mol. The lowest BCUT2D eigenvalue weighted by atomic mass is 11.0. The summed E-state index contributed by atoms with van der Waals surface area (Å²) in [6.07, 6.45) is 2.31. The first-order chi connectivity index (χ1) is 9.10. The molecule has 1 aliphatic heterocycles. The van der Waals surface area contributed by atoms with E-state index in [0.29, 0.717) is 0 Å². The molecule has 0 aromatic heterocycles. The molecule has 1 rings (SSSR count). The summed E-state index contributed by atoms with van der Waals surface area (Å²) in [5, 5.41) is 0. The SMILES string of the molecule is C=C[N+]1(C)[SiH2][N+](C)(C)[SiH2][N+](C)(C)[SiH2][N+](C)(C)[SiH2][N+](C)(C)[SiH2]1. The van der Waals surface area contributed by atoms with Crippen molar-refractivity contribution in [1.82, 2.24) is 0 Å². The summed E-state index contributed by atoms with van der Waals surface area (Å²) < 4.78 is 6.81. The third kappa shape index (κ3) is 6.33. The Morgan fingerprint density at radius 3 is 1.00 bits per heavy atom. The van der Waals surface area contributed by atoms with E-state index in [1.807, 2.05) is 0 Å². The van der Waals surface area contributed by atoms with Crippen molar-refractivity contribution in [3.05, 3.63) is 12.8 Å². The summed E-state index contributed by atoms with van der Waals surface area (Å²) in [6, 6.07) is 0. The summed E-state index contributed by atoms with van der Waals surface area (Å²) in [5.41, 5.74) is 0. The molecular weight excluding hydrogens is 343 g/mol. The molecule has 0 saturated carbocycles. The van der Waals surface area contributed by atoms with E-state index in [0.717, 1.165) is 0 Å². The fraction of sp³-hybridized carbons (Fsp3) is 0.818. The molecule has 124 valence electrons. The zero-order valence-corrected chi connectivity index (χ0v) is 23.1. The van der Waals surface area contributed by atoms with Crippen molar-refractivity contribution in [3.8, 4) is 0 Å². The minimum absolute atomic E-state index is 0.131. The quantitative estimate of drug-likeness (QED) is 0.404. The van der Waals surface area contributed by atoms with Crippen LogP contribution < -0.4 is 0 Å². The Kier molecular flexibility index (Phi) is 5.55. The molecule has 0 aliphatic carbocycles. The van der Waals surface area contributed by atoms with Gasteiger partial charge in [0.2, 0.25) is 0 Å². The highest BCUT2D eigenvalue weighted by Gasteiger charge is 2.48. The second-order valence-corrected chi connectivity index (χ2v) is 32.6. The average Bonchev–Trinajstić information content (AvgIpc) is 2.06. The van der Waals surface area contributed by atoms with E-state index in [1.54, 1.807) is 0 Å². The zero-order chi connectivity index (χ0) is 16.7. The van der Waals surface area contributed by atoms with E-state index in [9.17, 15) is 0 Å². The van der Waals surface area contributed by atoms with Crippen LogP contribution in [0.15, 0.2) is 12.8 Å². The topological polar surface area (TPSA) is 0 Å². The van der Waals surface area contributed by atoms with Crippen molar-refractivity contribution in [2.45, 2.75) is 0 Å². The third-order valence-electron chi connectivity index (χ3n) is 4.15. The van der Waals surface area contributed by atoms with Crippen molar-refractivity contribution in [1.29, 1.82) is 0 Å². The number of quaternary nitrogens is 5. The van der Waals surface area contributed by atoms with Gasteiger partial charge >= 0.3 is 49.2 Å². The zero-order valence-electron chi connectivity index (χ0n) is 16.1. The first-order valence-corrected chi connectivity index (χ1v) is 14.2. The van der Waals surface area contributed by atoms with Crippen LogP contribution in [0.4, 0.5) is 0 Å². The van der Waals surface area contributed by atoms with Crippen molar-refractivity contribution < 1.29 is 19.1 Å². The molecule has 21 heavy (non-hydrogen) atoms. The van der Waals surface area contributed by atoms with Gasteiger partial charge in [0, 0.05) is 63.4 Å². The van der Waals surface area contributed by atoms with Crippen LogP contribution in [0.5, 0.6) is 0 Å². The first-order valence-electron chi connectivity index (χ1n) is 7.85. The van der Waals surface area contributed by atoms with Gasteiger partial charge in [-0.1, -0.05) is 0 Å². The Labute approximate surface area is 144 Å². The molecule has 0 aromatic carbocycles. The molecule has 0 spiro atoms. The van der Waals surface area contributed by atoms with Crippen LogP contribution in [0, 0.1) is 0 Å². The highest BCUT2D eigenvalue weighted by Crippen LogP contribution is 2.15. The fourth-order valence-electron chi connectivity index (χ4n) is 5.20. The number of hydrogen-bond acceptors (Lipinski definition) is 0. The van der Waals surface area contributed by atoms with E-state index in [4.69, 9.17) is 0 Å². The maximum atomic E-state index is 4.24. The molecule has 1 saturated heterocycles. The Bertz CT molecular complexity index is 380. The van der Waals surface area contributed by atoms with E-state index in [-0.39, 0.29) is 49.2 Å².